The van der Waals surface area contributed by atoms with Crippen molar-refractivity contribution in [1.29, 1.82) is 0 Å². The first kappa shape index (κ1) is 24.4. The number of esters is 1. The zero-order valence-corrected chi connectivity index (χ0v) is 18.5. The van der Waals surface area contributed by atoms with E-state index in [0.29, 0.717) is 19.4 Å². The standard InChI is InChI=1S/C24H27F3N2O4/c1-16-12-18(10-11-29(16)23(31)33-15-17-6-4-3-5-7-17)14-28-21-13-19(22(30)32-2)8-9-20(21)24(25,26)27/h3-9,13,16,18,28H,10-12,14-15H2,1-2H3. The van der Waals surface area contributed by atoms with E-state index in [1.165, 1.54) is 7.11 Å². The molecule has 33 heavy (non-hydrogen) atoms. The maximum absolute atomic E-state index is 13.4. The number of nitrogens with zero attached hydrogens (tertiary/aromatic N) is 1. The highest BCUT2D eigenvalue weighted by Crippen LogP contribution is 2.36. The number of benzene rings is 2. The molecule has 1 saturated heterocycles. The number of methoxy groups -OCH3 is 1. The number of carbonyl (C=O) groups is 2. The Balaban J connectivity index is 1.58. The van der Waals surface area contributed by atoms with Gasteiger partial charge in [0.1, 0.15) is 6.61 Å². The highest BCUT2D eigenvalue weighted by atomic mass is 19.4. The molecule has 6 nitrogen and oxygen atoms in total. The Morgan fingerprint density at radius 3 is 2.52 bits per heavy atom. The number of rotatable bonds is 6. The summed E-state index contributed by atoms with van der Waals surface area (Å²) in [4.78, 5) is 25.9. The largest absolute Gasteiger partial charge is 0.465 e. The second-order valence-corrected chi connectivity index (χ2v) is 8.10. The molecule has 0 saturated carbocycles. The van der Waals surface area contributed by atoms with Gasteiger partial charge in [-0.1, -0.05) is 30.3 Å². The summed E-state index contributed by atoms with van der Waals surface area (Å²) >= 11 is 0. The molecule has 0 aliphatic carbocycles. The summed E-state index contributed by atoms with van der Waals surface area (Å²) in [5, 5.41) is 2.86. The van der Waals surface area contributed by atoms with Crippen molar-refractivity contribution < 1.29 is 32.2 Å². The van der Waals surface area contributed by atoms with Gasteiger partial charge in [0, 0.05) is 24.8 Å². The van der Waals surface area contributed by atoms with Gasteiger partial charge in [0.2, 0.25) is 0 Å². The molecule has 1 amide bonds. The van der Waals surface area contributed by atoms with Crippen LogP contribution < -0.4 is 5.32 Å². The van der Waals surface area contributed by atoms with Crippen molar-refractivity contribution in [1.82, 2.24) is 4.90 Å². The van der Waals surface area contributed by atoms with E-state index >= 15 is 0 Å². The number of halogens is 3. The van der Waals surface area contributed by atoms with Crippen LogP contribution in [-0.4, -0.2) is 43.2 Å². The zero-order chi connectivity index (χ0) is 24.0. The first-order valence-corrected chi connectivity index (χ1v) is 10.7. The van der Waals surface area contributed by atoms with E-state index in [1.54, 1.807) is 4.90 Å². The molecule has 1 N–H and O–H groups in total. The molecule has 1 aliphatic rings. The van der Waals surface area contributed by atoms with Gasteiger partial charge >= 0.3 is 18.2 Å². The molecule has 3 rings (SSSR count). The molecule has 2 aromatic rings. The van der Waals surface area contributed by atoms with Gasteiger partial charge in [0.25, 0.3) is 0 Å². The molecule has 9 heteroatoms. The van der Waals surface area contributed by atoms with Crippen molar-refractivity contribution >= 4 is 17.7 Å². The highest BCUT2D eigenvalue weighted by molar-refractivity contribution is 5.90. The van der Waals surface area contributed by atoms with Crippen molar-refractivity contribution in [2.24, 2.45) is 5.92 Å². The van der Waals surface area contributed by atoms with E-state index in [0.717, 1.165) is 23.8 Å². The average molecular weight is 464 g/mol. The Morgan fingerprint density at radius 1 is 1.15 bits per heavy atom. The van der Waals surface area contributed by atoms with E-state index in [-0.39, 0.29) is 36.4 Å². The number of likely N-dealkylation sites (tertiary alicyclic amines) is 1. The third kappa shape index (κ3) is 6.40. The third-order valence-corrected chi connectivity index (χ3v) is 5.75. The predicted octanol–water partition coefficient (Wildman–Crippen LogP) is 5.34. The molecule has 1 fully saturated rings. The lowest BCUT2D eigenvalue weighted by atomic mass is 9.91. The zero-order valence-electron chi connectivity index (χ0n) is 18.5. The van der Waals surface area contributed by atoms with Crippen LogP contribution in [0.15, 0.2) is 48.5 Å². The number of alkyl halides is 3. The van der Waals surface area contributed by atoms with Crippen LogP contribution in [0.4, 0.5) is 23.7 Å². The number of piperidine rings is 1. The molecule has 178 valence electrons. The minimum Gasteiger partial charge on any atom is -0.465 e. The van der Waals surface area contributed by atoms with E-state index in [2.05, 4.69) is 10.1 Å². The number of hydrogen-bond donors (Lipinski definition) is 1. The maximum Gasteiger partial charge on any atom is 0.418 e. The summed E-state index contributed by atoms with van der Waals surface area (Å²) in [6.07, 6.45) is -3.72. The minimum absolute atomic E-state index is 0.0392. The van der Waals surface area contributed by atoms with Gasteiger partial charge in [-0.2, -0.15) is 13.2 Å². The number of ether oxygens (including phenoxy) is 2. The van der Waals surface area contributed by atoms with Crippen LogP contribution in [0.25, 0.3) is 0 Å². The highest BCUT2D eigenvalue weighted by Gasteiger charge is 2.35. The second-order valence-electron chi connectivity index (χ2n) is 8.10. The summed E-state index contributed by atoms with van der Waals surface area (Å²) in [5.74, 6) is -0.649. The molecule has 2 aromatic carbocycles. The van der Waals surface area contributed by atoms with Crippen LogP contribution >= 0.6 is 0 Å². The fourth-order valence-electron chi connectivity index (χ4n) is 3.97. The first-order chi connectivity index (χ1) is 15.7. The first-order valence-electron chi connectivity index (χ1n) is 10.7. The summed E-state index contributed by atoms with van der Waals surface area (Å²) in [5.41, 5.74) is -0.0718. The molecule has 1 aliphatic heterocycles. The average Bonchev–Trinajstić information content (AvgIpc) is 2.80. The van der Waals surface area contributed by atoms with Gasteiger partial charge in [0.15, 0.2) is 0 Å². The molecule has 0 radical (unpaired) electrons. The second kappa shape index (κ2) is 10.6. The van der Waals surface area contributed by atoms with E-state index < -0.39 is 23.8 Å². The SMILES string of the molecule is COC(=O)c1ccc(C(F)(F)F)c(NCC2CCN(C(=O)OCc3ccccc3)C(C)C2)c1. The van der Waals surface area contributed by atoms with Crippen molar-refractivity contribution in [2.45, 2.75) is 38.6 Å². The van der Waals surface area contributed by atoms with Crippen LogP contribution in [0.2, 0.25) is 0 Å². The van der Waals surface area contributed by atoms with Crippen molar-refractivity contribution in [3.63, 3.8) is 0 Å². The molecule has 0 aromatic heterocycles. The van der Waals surface area contributed by atoms with Crippen molar-refractivity contribution in [3.05, 3.63) is 65.2 Å². The quantitative estimate of drug-likeness (QED) is 0.585. The van der Waals surface area contributed by atoms with Crippen LogP contribution in [0, 0.1) is 5.92 Å². The Hall–Kier alpha value is -3.23. The number of amides is 1. The number of nitrogens with one attached hydrogen (secondary N) is 1. The van der Waals surface area contributed by atoms with E-state index in [1.807, 2.05) is 37.3 Å². The number of carbonyl (C=O) groups excluding carboxylic acids is 2. The smallest absolute Gasteiger partial charge is 0.418 e. The van der Waals surface area contributed by atoms with Gasteiger partial charge in [-0.25, -0.2) is 9.59 Å². The molecular formula is C24H27F3N2O4. The Labute approximate surface area is 190 Å². The number of anilines is 1. The number of hydrogen-bond acceptors (Lipinski definition) is 5. The summed E-state index contributed by atoms with van der Waals surface area (Å²) in [6, 6.07) is 12.4. The van der Waals surface area contributed by atoms with E-state index in [4.69, 9.17) is 4.74 Å². The molecular weight excluding hydrogens is 437 g/mol. The van der Waals surface area contributed by atoms with Gasteiger partial charge in [-0.3, -0.25) is 0 Å². The van der Waals surface area contributed by atoms with Gasteiger partial charge in [0.05, 0.1) is 18.2 Å². The molecule has 1 heterocycles. The predicted molar refractivity (Wildman–Crippen MR) is 117 cm³/mol. The van der Waals surface area contributed by atoms with Gasteiger partial charge in [-0.15, -0.1) is 0 Å². The Bertz CT molecular complexity index is 966. The summed E-state index contributed by atoms with van der Waals surface area (Å²) < 4.78 is 50.3. The van der Waals surface area contributed by atoms with Crippen molar-refractivity contribution in [3.8, 4) is 0 Å². The van der Waals surface area contributed by atoms with Gasteiger partial charge in [-0.05, 0) is 49.4 Å². The lowest BCUT2D eigenvalue weighted by Gasteiger charge is -2.37. The lowest BCUT2D eigenvalue weighted by molar-refractivity contribution is -0.137. The monoisotopic (exact) mass is 464 g/mol. The molecule has 0 bridgehead atoms. The summed E-state index contributed by atoms with van der Waals surface area (Å²) in [6.45, 7) is 2.82. The van der Waals surface area contributed by atoms with Crippen LogP contribution in [0.5, 0.6) is 0 Å². The Kier molecular flexibility index (Phi) is 7.84. The topological polar surface area (TPSA) is 67.9 Å². The lowest BCUT2D eigenvalue weighted by Crippen LogP contribution is -2.45. The maximum atomic E-state index is 13.4. The fraction of sp³-hybridized carbons (Fsp3) is 0.417. The fourth-order valence-corrected chi connectivity index (χ4v) is 3.97. The van der Waals surface area contributed by atoms with Gasteiger partial charge < -0.3 is 19.7 Å². The van der Waals surface area contributed by atoms with E-state index in [9.17, 15) is 22.8 Å². The summed E-state index contributed by atoms with van der Waals surface area (Å²) in [7, 11) is 1.17. The van der Waals surface area contributed by atoms with Crippen LogP contribution in [0.1, 0.15) is 41.3 Å². The van der Waals surface area contributed by atoms with Crippen LogP contribution in [0.3, 0.4) is 0 Å². The third-order valence-electron chi connectivity index (χ3n) is 5.75. The molecule has 2 unspecified atom stereocenters. The minimum atomic E-state index is -4.56. The molecule has 2 atom stereocenters. The van der Waals surface area contributed by atoms with Crippen molar-refractivity contribution in [2.75, 3.05) is 25.5 Å². The normalized spacial score (nSPS) is 18.5. The van der Waals surface area contributed by atoms with Crippen LogP contribution in [-0.2, 0) is 22.3 Å². The molecule has 0 spiro atoms. The Morgan fingerprint density at radius 2 is 1.88 bits per heavy atom.